The fourth-order valence-corrected chi connectivity index (χ4v) is 2.94. The highest BCUT2D eigenvalue weighted by atomic mass is 79.9. The first kappa shape index (κ1) is 20.0. The zero-order chi connectivity index (χ0) is 20.3. The van der Waals surface area contributed by atoms with Gasteiger partial charge in [-0.25, -0.2) is 4.68 Å². The Morgan fingerprint density at radius 2 is 1.82 bits per heavy atom. The Kier molecular flexibility index (Phi) is 6.11. The van der Waals surface area contributed by atoms with E-state index < -0.39 is 5.91 Å². The molecule has 144 valence electrons. The zero-order valence-electron chi connectivity index (χ0n) is 15.2. The van der Waals surface area contributed by atoms with Crippen molar-refractivity contribution >= 4 is 50.7 Å². The molecule has 0 unspecified atom stereocenters. The molecule has 3 rings (SSSR count). The van der Waals surface area contributed by atoms with Gasteiger partial charge in [-0.2, -0.15) is 0 Å². The van der Waals surface area contributed by atoms with Crippen LogP contribution in [0.5, 0.6) is 0 Å². The number of rotatable bonds is 5. The lowest BCUT2D eigenvalue weighted by Crippen LogP contribution is -2.21. The number of hydrogen-bond acceptors (Lipinski definition) is 4. The minimum absolute atomic E-state index is 0.0572. The highest BCUT2D eigenvalue weighted by molar-refractivity contribution is 9.10. The molecule has 0 radical (unpaired) electrons. The Balaban J connectivity index is 1.69. The Labute approximate surface area is 175 Å². The lowest BCUT2D eigenvalue weighted by molar-refractivity contribution is -0.117. The summed E-state index contributed by atoms with van der Waals surface area (Å²) < 4.78 is 2.30. The van der Waals surface area contributed by atoms with Crippen LogP contribution in [-0.4, -0.2) is 26.8 Å². The Morgan fingerprint density at radius 1 is 1.11 bits per heavy atom. The minimum atomic E-state index is -0.414. The van der Waals surface area contributed by atoms with Crippen LogP contribution < -0.4 is 10.6 Å². The van der Waals surface area contributed by atoms with Gasteiger partial charge in [-0.05, 0) is 55.8 Å². The fourth-order valence-electron chi connectivity index (χ4n) is 2.50. The molecule has 0 spiro atoms. The third-order valence-corrected chi connectivity index (χ3v) is 4.83. The second-order valence-corrected chi connectivity index (χ2v) is 7.50. The number of anilines is 2. The molecule has 3 aromatic rings. The van der Waals surface area contributed by atoms with Crippen LogP contribution in [0.3, 0.4) is 0 Å². The van der Waals surface area contributed by atoms with Crippen LogP contribution in [0.4, 0.5) is 11.4 Å². The first-order valence-corrected chi connectivity index (χ1v) is 9.53. The number of benzene rings is 2. The summed E-state index contributed by atoms with van der Waals surface area (Å²) in [6.07, 6.45) is 0. The molecule has 2 amide bonds. The monoisotopic (exact) mass is 461 g/mol. The molecule has 1 heterocycles. The molecular weight excluding hydrogens is 446 g/mol. The van der Waals surface area contributed by atoms with Gasteiger partial charge in [0.1, 0.15) is 6.54 Å². The zero-order valence-corrected chi connectivity index (χ0v) is 17.5. The molecule has 0 aliphatic heterocycles. The summed E-state index contributed by atoms with van der Waals surface area (Å²) in [4.78, 5) is 24.8. The minimum Gasteiger partial charge on any atom is -0.324 e. The van der Waals surface area contributed by atoms with E-state index in [4.69, 9.17) is 11.6 Å². The van der Waals surface area contributed by atoms with Gasteiger partial charge in [0.05, 0.1) is 5.69 Å². The van der Waals surface area contributed by atoms with Crippen molar-refractivity contribution in [1.82, 2.24) is 15.0 Å². The van der Waals surface area contributed by atoms with Gasteiger partial charge >= 0.3 is 0 Å². The van der Waals surface area contributed by atoms with Gasteiger partial charge in [0.25, 0.3) is 5.91 Å². The van der Waals surface area contributed by atoms with Crippen LogP contribution in [-0.2, 0) is 11.3 Å². The number of aryl methyl sites for hydroxylation is 1. The van der Waals surface area contributed by atoms with E-state index in [0.29, 0.717) is 22.1 Å². The predicted octanol–water partition coefficient (Wildman–Crippen LogP) is 4.20. The Hall–Kier alpha value is -2.71. The maximum Gasteiger partial charge on any atom is 0.278 e. The third-order valence-electron chi connectivity index (χ3n) is 4.07. The molecule has 0 aliphatic carbocycles. The number of carbonyl (C=O) groups excluding carboxylic acids is 2. The molecule has 0 saturated heterocycles. The van der Waals surface area contributed by atoms with E-state index in [1.54, 1.807) is 31.2 Å². The number of aromatic nitrogens is 3. The van der Waals surface area contributed by atoms with Crippen molar-refractivity contribution < 1.29 is 9.59 Å². The van der Waals surface area contributed by atoms with Crippen molar-refractivity contribution in [2.24, 2.45) is 0 Å². The molecule has 0 fully saturated rings. The van der Waals surface area contributed by atoms with E-state index in [9.17, 15) is 9.59 Å². The van der Waals surface area contributed by atoms with Gasteiger partial charge in [-0.1, -0.05) is 38.8 Å². The summed E-state index contributed by atoms with van der Waals surface area (Å²) in [6.45, 7) is 3.49. The summed E-state index contributed by atoms with van der Waals surface area (Å²) >= 11 is 9.33. The van der Waals surface area contributed by atoms with Crippen LogP contribution >= 0.6 is 27.5 Å². The van der Waals surface area contributed by atoms with Crippen molar-refractivity contribution in [2.75, 3.05) is 10.6 Å². The maximum atomic E-state index is 12.5. The average Bonchev–Trinajstić information content (AvgIpc) is 3.00. The summed E-state index contributed by atoms with van der Waals surface area (Å²) in [6, 6.07) is 12.4. The molecule has 0 bridgehead atoms. The maximum absolute atomic E-state index is 12.5. The van der Waals surface area contributed by atoms with E-state index in [1.165, 1.54) is 4.68 Å². The average molecular weight is 463 g/mol. The van der Waals surface area contributed by atoms with Crippen LogP contribution in [0.25, 0.3) is 0 Å². The normalized spacial score (nSPS) is 10.6. The lowest BCUT2D eigenvalue weighted by atomic mass is 10.2. The fraction of sp³-hybridized carbons (Fsp3) is 0.158. The standard InChI is InChI=1S/C19H17BrClN5O2/c1-11-3-6-14(21)9-16(11)23-19(28)18-12(2)26(25-24-18)10-17(27)22-15-7-4-13(20)5-8-15/h3-9H,10H2,1-2H3,(H,22,27)(H,23,28). The van der Waals surface area contributed by atoms with Gasteiger partial charge in [0, 0.05) is 20.9 Å². The number of amides is 2. The molecule has 7 nitrogen and oxygen atoms in total. The van der Waals surface area contributed by atoms with Crippen LogP contribution in [0.2, 0.25) is 5.02 Å². The Morgan fingerprint density at radius 3 is 2.54 bits per heavy atom. The quantitative estimate of drug-likeness (QED) is 0.595. The second kappa shape index (κ2) is 8.53. The number of hydrogen-bond donors (Lipinski definition) is 2. The van der Waals surface area contributed by atoms with Gasteiger partial charge < -0.3 is 10.6 Å². The molecule has 28 heavy (non-hydrogen) atoms. The SMILES string of the molecule is Cc1ccc(Cl)cc1NC(=O)c1nnn(CC(=O)Nc2ccc(Br)cc2)c1C. The molecule has 0 aliphatic rings. The first-order valence-electron chi connectivity index (χ1n) is 8.36. The highest BCUT2D eigenvalue weighted by Crippen LogP contribution is 2.21. The molecule has 1 aromatic heterocycles. The van der Waals surface area contributed by atoms with Gasteiger partial charge in [0.2, 0.25) is 5.91 Å². The number of halogens is 2. The number of nitrogens with zero attached hydrogens (tertiary/aromatic N) is 3. The van der Waals surface area contributed by atoms with Crippen molar-refractivity contribution in [2.45, 2.75) is 20.4 Å². The van der Waals surface area contributed by atoms with Crippen LogP contribution in [0.15, 0.2) is 46.9 Å². The van der Waals surface area contributed by atoms with Crippen LogP contribution in [0, 0.1) is 13.8 Å². The highest BCUT2D eigenvalue weighted by Gasteiger charge is 2.19. The van der Waals surface area contributed by atoms with E-state index in [0.717, 1.165) is 10.0 Å². The van der Waals surface area contributed by atoms with Crippen molar-refractivity contribution in [3.63, 3.8) is 0 Å². The van der Waals surface area contributed by atoms with Crippen molar-refractivity contribution in [3.8, 4) is 0 Å². The summed E-state index contributed by atoms with van der Waals surface area (Å²) in [7, 11) is 0. The first-order chi connectivity index (χ1) is 13.3. The number of carbonyl (C=O) groups is 2. The summed E-state index contributed by atoms with van der Waals surface area (Å²) in [5.74, 6) is -0.685. The summed E-state index contributed by atoms with van der Waals surface area (Å²) in [5.41, 5.74) is 2.77. The summed E-state index contributed by atoms with van der Waals surface area (Å²) in [5, 5.41) is 13.9. The van der Waals surface area contributed by atoms with Crippen LogP contribution in [0.1, 0.15) is 21.7 Å². The Bertz CT molecular complexity index is 1030. The molecule has 9 heteroatoms. The lowest BCUT2D eigenvalue weighted by Gasteiger charge is -2.08. The molecule has 2 N–H and O–H groups in total. The predicted molar refractivity (Wildman–Crippen MR) is 112 cm³/mol. The van der Waals surface area contributed by atoms with Gasteiger partial charge in [0.15, 0.2) is 5.69 Å². The molecule has 0 atom stereocenters. The van der Waals surface area contributed by atoms with Gasteiger partial charge in [-0.3, -0.25) is 9.59 Å². The molecule has 0 saturated carbocycles. The van der Waals surface area contributed by atoms with Crippen molar-refractivity contribution in [3.05, 3.63) is 68.9 Å². The number of nitrogens with one attached hydrogen (secondary N) is 2. The topological polar surface area (TPSA) is 88.9 Å². The second-order valence-electron chi connectivity index (χ2n) is 6.15. The van der Waals surface area contributed by atoms with E-state index >= 15 is 0 Å². The largest absolute Gasteiger partial charge is 0.324 e. The van der Waals surface area contributed by atoms with E-state index in [-0.39, 0.29) is 18.1 Å². The van der Waals surface area contributed by atoms with E-state index in [2.05, 4.69) is 36.9 Å². The van der Waals surface area contributed by atoms with Crippen molar-refractivity contribution in [1.29, 1.82) is 0 Å². The third kappa shape index (κ3) is 4.76. The van der Waals surface area contributed by atoms with E-state index in [1.807, 2.05) is 25.1 Å². The smallest absolute Gasteiger partial charge is 0.278 e. The molecular formula is C19H17BrClN5O2. The van der Waals surface area contributed by atoms with Gasteiger partial charge in [-0.15, -0.1) is 5.10 Å². The molecule has 2 aromatic carbocycles.